The summed E-state index contributed by atoms with van der Waals surface area (Å²) in [6.07, 6.45) is 3.42. The Morgan fingerprint density at radius 1 is 1.00 bits per heavy atom. The molecule has 0 saturated heterocycles. The lowest BCUT2D eigenvalue weighted by Gasteiger charge is -2.23. The van der Waals surface area contributed by atoms with Crippen molar-refractivity contribution in [2.24, 2.45) is 5.73 Å². The van der Waals surface area contributed by atoms with Crippen LogP contribution in [0.3, 0.4) is 0 Å². The van der Waals surface area contributed by atoms with Crippen molar-refractivity contribution in [3.05, 3.63) is 89.7 Å². The molecule has 0 aliphatic rings. The number of rotatable bonds is 7. The number of nitrogens with two attached hydrogens (primary N) is 1. The van der Waals surface area contributed by atoms with E-state index >= 15 is 0 Å². The molecule has 6 nitrogen and oxygen atoms in total. The number of pyridine rings is 1. The zero-order chi connectivity index (χ0) is 21.5. The maximum atomic E-state index is 12.8. The largest absolute Gasteiger partial charge is 0.324 e. The van der Waals surface area contributed by atoms with Gasteiger partial charge in [-0.25, -0.2) is 0 Å². The van der Waals surface area contributed by atoms with Gasteiger partial charge in [0.2, 0.25) is 5.91 Å². The van der Waals surface area contributed by atoms with E-state index in [-0.39, 0.29) is 18.2 Å². The van der Waals surface area contributed by atoms with E-state index in [1.165, 1.54) is 0 Å². The third-order valence-electron chi connectivity index (χ3n) is 4.90. The highest BCUT2D eigenvalue weighted by atomic mass is 16.2. The fraction of sp³-hybridized carbons (Fsp3) is 0.208. The van der Waals surface area contributed by atoms with Gasteiger partial charge >= 0.3 is 0 Å². The first-order valence-corrected chi connectivity index (χ1v) is 9.92. The summed E-state index contributed by atoms with van der Waals surface area (Å²) in [5, 5.41) is 2.81. The molecule has 3 N–H and O–H groups in total. The van der Waals surface area contributed by atoms with Gasteiger partial charge in [-0.15, -0.1) is 0 Å². The van der Waals surface area contributed by atoms with E-state index in [9.17, 15) is 9.59 Å². The van der Waals surface area contributed by atoms with Crippen LogP contribution in [0, 0.1) is 6.92 Å². The van der Waals surface area contributed by atoms with E-state index in [2.05, 4.69) is 10.3 Å². The van der Waals surface area contributed by atoms with Crippen molar-refractivity contribution in [3.63, 3.8) is 0 Å². The number of carbonyl (C=O) groups excluding carboxylic acids is 2. The van der Waals surface area contributed by atoms with E-state index < -0.39 is 6.04 Å². The average Bonchev–Trinajstić information content (AvgIpc) is 2.76. The normalized spacial score (nSPS) is 11.6. The van der Waals surface area contributed by atoms with Crippen LogP contribution in [0.15, 0.2) is 73.1 Å². The van der Waals surface area contributed by atoms with Crippen molar-refractivity contribution in [1.82, 2.24) is 4.98 Å². The molecular weight excluding hydrogens is 376 g/mol. The van der Waals surface area contributed by atoms with Crippen LogP contribution in [0.1, 0.15) is 40.9 Å². The molecule has 0 radical (unpaired) electrons. The summed E-state index contributed by atoms with van der Waals surface area (Å²) in [6, 6.07) is 17.9. The summed E-state index contributed by atoms with van der Waals surface area (Å²) >= 11 is 0. The van der Waals surface area contributed by atoms with Crippen molar-refractivity contribution < 1.29 is 9.59 Å². The smallest absolute Gasteiger partial charge is 0.255 e. The molecule has 3 aromatic rings. The van der Waals surface area contributed by atoms with E-state index in [1.54, 1.807) is 53.7 Å². The number of benzene rings is 2. The van der Waals surface area contributed by atoms with E-state index in [4.69, 9.17) is 5.73 Å². The van der Waals surface area contributed by atoms with Gasteiger partial charge in [-0.1, -0.05) is 29.8 Å². The Morgan fingerprint density at radius 3 is 2.23 bits per heavy atom. The third kappa shape index (κ3) is 5.30. The van der Waals surface area contributed by atoms with Crippen LogP contribution in [-0.2, 0) is 4.79 Å². The second kappa shape index (κ2) is 9.80. The van der Waals surface area contributed by atoms with Crippen LogP contribution in [0.25, 0.3) is 0 Å². The lowest BCUT2D eigenvalue weighted by atomic mass is 10.0. The zero-order valence-corrected chi connectivity index (χ0v) is 17.2. The predicted octanol–water partition coefficient (Wildman–Crippen LogP) is 4.09. The average molecular weight is 402 g/mol. The Kier molecular flexibility index (Phi) is 6.93. The lowest BCUT2D eigenvalue weighted by Crippen LogP contribution is -2.33. The molecule has 2 aromatic carbocycles. The molecule has 0 bridgehead atoms. The summed E-state index contributed by atoms with van der Waals surface area (Å²) in [4.78, 5) is 30.8. The van der Waals surface area contributed by atoms with Gasteiger partial charge < -0.3 is 16.0 Å². The molecule has 30 heavy (non-hydrogen) atoms. The molecule has 3 rings (SSSR count). The molecule has 1 unspecified atom stereocenters. The number of anilines is 2. The number of aromatic nitrogens is 1. The first kappa shape index (κ1) is 21.2. The Morgan fingerprint density at radius 2 is 1.63 bits per heavy atom. The highest BCUT2D eigenvalue weighted by Gasteiger charge is 2.18. The summed E-state index contributed by atoms with van der Waals surface area (Å²) in [5.41, 5.74) is 10.3. The summed E-state index contributed by atoms with van der Waals surface area (Å²) < 4.78 is 0. The second-order valence-corrected chi connectivity index (χ2v) is 7.10. The number of hydrogen-bond donors (Lipinski definition) is 2. The van der Waals surface area contributed by atoms with Crippen LogP contribution in [0.2, 0.25) is 0 Å². The van der Waals surface area contributed by atoms with E-state index in [1.807, 2.05) is 38.1 Å². The minimum atomic E-state index is -0.450. The van der Waals surface area contributed by atoms with E-state index in [0.29, 0.717) is 17.8 Å². The molecule has 2 amide bonds. The van der Waals surface area contributed by atoms with Gasteiger partial charge in [-0.3, -0.25) is 14.6 Å². The van der Waals surface area contributed by atoms with Gasteiger partial charge in [0, 0.05) is 48.3 Å². The predicted molar refractivity (Wildman–Crippen MR) is 119 cm³/mol. The van der Waals surface area contributed by atoms with Gasteiger partial charge in [-0.05, 0) is 55.8 Å². The molecule has 1 heterocycles. The summed E-state index contributed by atoms with van der Waals surface area (Å²) in [6.45, 7) is 4.53. The van der Waals surface area contributed by atoms with Gasteiger partial charge in [-0.2, -0.15) is 0 Å². The number of nitrogens with zero attached hydrogens (tertiary/aromatic N) is 2. The quantitative estimate of drug-likeness (QED) is 0.623. The maximum absolute atomic E-state index is 12.8. The Bertz CT molecular complexity index is 986. The summed E-state index contributed by atoms with van der Waals surface area (Å²) in [7, 11) is 0. The first-order valence-electron chi connectivity index (χ1n) is 9.92. The Labute approximate surface area is 176 Å². The zero-order valence-electron chi connectivity index (χ0n) is 17.2. The van der Waals surface area contributed by atoms with Crippen molar-refractivity contribution in [1.29, 1.82) is 0 Å². The van der Waals surface area contributed by atoms with Crippen molar-refractivity contribution >= 4 is 23.2 Å². The monoisotopic (exact) mass is 402 g/mol. The van der Waals surface area contributed by atoms with Crippen LogP contribution in [0.4, 0.5) is 11.4 Å². The minimum Gasteiger partial charge on any atom is -0.324 e. The third-order valence-corrected chi connectivity index (χ3v) is 4.90. The van der Waals surface area contributed by atoms with Gasteiger partial charge in [0.25, 0.3) is 5.91 Å². The van der Waals surface area contributed by atoms with Crippen molar-refractivity contribution in [2.75, 3.05) is 16.8 Å². The molecule has 0 aliphatic carbocycles. The number of hydrogen-bond acceptors (Lipinski definition) is 4. The molecule has 1 atom stereocenters. The van der Waals surface area contributed by atoms with Crippen LogP contribution in [0.5, 0.6) is 0 Å². The molecule has 0 aliphatic heterocycles. The molecule has 154 valence electrons. The molecule has 0 spiro atoms. The minimum absolute atomic E-state index is 0.0339. The fourth-order valence-corrected chi connectivity index (χ4v) is 3.16. The summed E-state index contributed by atoms with van der Waals surface area (Å²) in [5.74, 6) is -0.248. The topological polar surface area (TPSA) is 88.3 Å². The number of carbonyl (C=O) groups is 2. The maximum Gasteiger partial charge on any atom is 0.255 e. The Balaban J connectivity index is 1.63. The second-order valence-electron chi connectivity index (χ2n) is 7.10. The Hall–Kier alpha value is -3.51. The van der Waals surface area contributed by atoms with Crippen LogP contribution < -0.4 is 16.0 Å². The fourth-order valence-electron chi connectivity index (χ4n) is 3.16. The highest BCUT2D eigenvalue weighted by molar-refractivity contribution is 6.04. The lowest BCUT2D eigenvalue weighted by molar-refractivity contribution is -0.118. The van der Waals surface area contributed by atoms with Crippen molar-refractivity contribution in [3.8, 4) is 0 Å². The molecular formula is C24H26N4O2. The number of amides is 2. The van der Waals surface area contributed by atoms with Gasteiger partial charge in [0.05, 0.1) is 0 Å². The van der Waals surface area contributed by atoms with E-state index in [0.717, 1.165) is 16.8 Å². The van der Waals surface area contributed by atoms with Gasteiger partial charge in [0.15, 0.2) is 0 Å². The molecule has 6 heteroatoms. The highest BCUT2D eigenvalue weighted by Crippen LogP contribution is 2.21. The standard InChI is InChI=1S/C24H26N4O2/c1-3-28(21-10-4-17(2)5-11-21)23(29)16-22(25)18-6-8-19(9-7-18)24(30)27-20-12-14-26-15-13-20/h4-15,22H,3,16,25H2,1-2H3,(H,26,27,30). The molecule has 0 fully saturated rings. The molecule has 1 aromatic heterocycles. The number of nitrogens with one attached hydrogen (secondary N) is 1. The first-order chi connectivity index (χ1) is 14.5. The number of aryl methyl sites for hydroxylation is 1. The van der Waals surface area contributed by atoms with Gasteiger partial charge in [0.1, 0.15) is 0 Å². The van der Waals surface area contributed by atoms with Crippen LogP contribution in [-0.4, -0.2) is 23.3 Å². The SMILES string of the molecule is CCN(C(=O)CC(N)c1ccc(C(=O)Nc2ccncc2)cc1)c1ccc(C)cc1. The van der Waals surface area contributed by atoms with Crippen molar-refractivity contribution in [2.45, 2.75) is 26.3 Å². The van der Waals surface area contributed by atoms with Crippen LogP contribution >= 0.6 is 0 Å². The molecule has 0 saturated carbocycles.